The molecule has 0 aromatic heterocycles. The van der Waals surface area contributed by atoms with Crippen molar-refractivity contribution in [3.8, 4) is 0 Å². The Morgan fingerprint density at radius 2 is 1.83 bits per heavy atom. The van der Waals surface area contributed by atoms with Gasteiger partial charge < -0.3 is 10.1 Å². The number of hydrogen-bond donors (Lipinski definition) is 1. The van der Waals surface area contributed by atoms with Crippen LogP contribution in [0.5, 0.6) is 0 Å². The third kappa shape index (κ3) is 3.58. The average Bonchev–Trinajstić information content (AvgIpc) is 2.87. The molecule has 1 aliphatic heterocycles. The van der Waals surface area contributed by atoms with Gasteiger partial charge in [0.25, 0.3) is 0 Å². The standard InChI is InChI=1S/C20H22INO2/c1-19(2,3)24-18(23)20(12-14-8-4-6-10-16(14)21)13-15-9-5-7-11-17(15)22-20/h4-11,22H,12-13H2,1-3H3. The molecule has 2 aromatic rings. The zero-order chi connectivity index (χ0) is 17.4. The lowest BCUT2D eigenvalue weighted by atomic mass is 9.87. The van der Waals surface area contributed by atoms with E-state index in [4.69, 9.17) is 4.74 Å². The van der Waals surface area contributed by atoms with Crippen LogP contribution in [0.4, 0.5) is 5.69 Å². The zero-order valence-corrected chi connectivity index (χ0v) is 16.4. The topological polar surface area (TPSA) is 38.3 Å². The molecule has 0 aliphatic carbocycles. The van der Waals surface area contributed by atoms with Gasteiger partial charge in [-0.3, -0.25) is 0 Å². The number of fused-ring (bicyclic) bond motifs is 1. The number of carbonyl (C=O) groups is 1. The van der Waals surface area contributed by atoms with E-state index in [1.807, 2.05) is 51.1 Å². The summed E-state index contributed by atoms with van der Waals surface area (Å²) in [5, 5.41) is 3.47. The van der Waals surface area contributed by atoms with Gasteiger partial charge in [-0.2, -0.15) is 0 Å². The van der Waals surface area contributed by atoms with E-state index < -0.39 is 11.1 Å². The molecule has 0 fully saturated rings. The summed E-state index contributed by atoms with van der Waals surface area (Å²) < 4.78 is 6.93. The van der Waals surface area contributed by atoms with E-state index in [0.29, 0.717) is 12.8 Å². The first kappa shape index (κ1) is 17.3. The number of halogens is 1. The minimum absolute atomic E-state index is 0.189. The molecule has 126 valence electrons. The van der Waals surface area contributed by atoms with Gasteiger partial charge in [-0.25, -0.2) is 4.79 Å². The van der Waals surface area contributed by atoms with E-state index in [1.54, 1.807) is 0 Å². The fraction of sp³-hybridized carbons (Fsp3) is 0.350. The van der Waals surface area contributed by atoms with Crippen molar-refractivity contribution in [2.75, 3.05) is 5.32 Å². The largest absolute Gasteiger partial charge is 0.458 e. The van der Waals surface area contributed by atoms with Crippen LogP contribution >= 0.6 is 22.6 Å². The molecular formula is C20H22INO2. The van der Waals surface area contributed by atoms with Crippen molar-refractivity contribution in [3.63, 3.8) is 0 Å². The molecule has 1 aliphatic rings. The van der Waals surface area contributed by atoms with E-state index in [2.05, 4.69) is 46.1 Å². The van der Waals surface area contributed by atoms with E-state index >= 15 is 0 Å². The predicted octanol–water partition coefficient (Wildman–Crippen LogP) is 4.58. The first-order chi connectivity index (χ1) is 11.3. The van der Waals surface area contributed by atoms with Crippen molar-refractivity contribution in [2.45, 2.75) is 44.8 Å². The Balaban J connectivity index is 1.97. The highest BCUT2D eigenvalue weighted by atomic mass is 127. The molecule has 0 saturated carbocycles. The summed E-state index contributed by atoms with van der Waals surface area (Å²) in [6.07, 6.45) is 1.25. The highest BCUT2D eigenvalue weighted by Crippen LogP contribution is 2.37. The van der Waals surface area contributed by atoms with Gasteiger partial charge in [0.05, 0.1) is 0 Å². The molecule has 0 spiro atoms. The first-order valence-electron chi connectivity index (χ1n) is 8.12. The molecule has 24 heavy (non-hydrogen) atoms. The summed E-state index contributed by atoms with van der Waals surface area (Å²) in [7, 11) is 0. The number of para-hydroxylation sites is 1. The van der Waals surface area contributed by atoms with E-state index in [0.717, 1.165) is 20.4 Å². The van der Waals surface area contributed by atoms with E-state index in [-0.39, 0.29) is 5.97 Å². The predicted molar refractivity (Wildman–Crippen MR) is 105 cm³/mol. The van der Waals surface area contributed by atoms with Gasteiger partial charge in [-0.15, -0.1) is 0 Å². The Kier molecular flexibility index (Phi) is 4.60. The van der Waals surface area contributed by atoms with E-state index in [9.17, 15) is 4.79 Å². The summed E-state index contributed by atoms with van der Waals surface area (Å²) in [5.41, 5.74) is 2.08. The molecule has 3 nitrogen and oxygen atoms in total. The van der Waals surface area contributed by atoms with Crippen molar-refractivity contribution in [1.29, 1.82) is 0 Å². The normalized spacial score (nSPS) is 19.5. The number of esters is 1. The van der Waals surface area contributed by atoms with Crippen molar-refractivity contribution in [3.05, 3.63) is 63.2 Å². The summed E-state index contributed by atoms with van der Waals surface area (Å²) in [6.45, 7) is 5.73. The third-order valence-corrected chi connectivity index (χ3v) is 5.18. The second kappa shape index (κ2) is 6.39. The van der Waals surface area contributed by atoms with E-state index in [1.165, 1.54) is 0 Å². The van der Waals surface area contributed by atoms with Crippen molar-refractivity contribution in [2.24, 2.45) is 0 Å². The van der Waals surface area contributed by atoms with Gasteiger partial charge in [0.2, 0.25) is 0 Å². The molecule has 1 heterocycles. The van der Waals surface area contributed by atoms with Crippen molar-refractivity contribution >= 4 is 34.2 Å². The van der Waals surface area contributed by atoms with Crippen molar-refractivity contribution in [1.82, 2.24) is 0 Å². The Bertz CT molecular complexity index is 739. The number of carbonyl (C=O) groups excluding carboxylic acids is 1. The fourth-order valence-corrected chi connectivity index (χ4v) is 3.65. The zero-order valence-electron chi connectivity index (χ0n) is 14.2. The molecule has 1 atom stereocenters. The summed E-state index contributed by atoms with van der Waals surface area (Å²) in [5.74, 6) is -0.189. The number of nitrogens with one attached hydrogen (secondary N) is 1. The molecule has 1 unspecified atom stereocenters. The summed E-state index contributed by atoms with van der Waals surface area (Å²) >= 11 is 2.33. The minimum atomic E-state index is -0.752. The highest BCUT2D eigenvalue weighted by molar-refractivity contribution is 14.1. The van der Waals surface area contributed by atoms with Gasteiger partial charge in [-0.1, -0.05) is 36.4 Å². The number of anilines is 1. The Morgan fingerprint density at radius 3 is 2.50 bits per heavy atom. The summed E-state index contributed by atoms with van der Waals surface area (Å²) in [4.78, 5) is 13.1. The lowest BCUT2D eigenvalue weighted by Gasteiger charge is -2.32. The fourth-order valence-electron chi connectivity index (χ4n) is 3.07. The molecule has 0 radical (unpaired) electrons. The van der Waals surface area contributed by atoms with Gasteiger partial charge in [0.15, 0.2) is 0 Å². The number of hydrogen-bond acceptors (Lipinski definition) is 3. The molecule has 3 rings (SSSR count). The van der Waals surface area contributed by atoms with Crippen LogP contribution in [-0.2, 0) is 22.4 Å². The van der Waals surface area contributed by atoms with Gasteiger partial charge >= 0.3 is 5.97 Å². The molecule has 0 amide bonds. The van der Waals surface area contributed by atoms with Crippen LogP contribution in [0, 0.1) is 3.57 Å². The molecule has 0 bridgehead atoms. The van der Waals surface area contributed by atoms with Crippen LogP contribution in [0.15, 0.2) is 48.5 Å². The van der Waals surface area contributed by atoms with Crippen LogP contribution in [0.3, 0.4) is 0 Å². The highest BCUT2D eigenvalue weighted by Gasteiger charge is 2.46. The number of benzene rings is 2. The number of ether oxygens (including phenoxy) is 1. The van der Waals surface area contributed by atoms with Crippen LogP contribution in [0.2, 0.25) is 0 Å². The lowest BCUT2D eigenvalue weighted by molar-refractivity contribution is -0.160. The van der Waals surface area contributed by atoms with Crippen LogP contribution in [-0.4, -0.2) is 17.1 Å². The van der Waals surface area contributed by atoms with Crippen molar-refractivity contribution < 1.29 is 9.53 Å². The first-order valence-corrected chi connectivity index (χ1v) is 9.20. The third-order valence-electron chi connectivity index (χ3n) is 4.12. The SMILES string of the molecule is CC(C)(C)OC(=O)C1(Cc2ccccc2I)Cc2ccccc2N1. The smallest absolute Gasteiger partial charge is 0.332 e. The lowest BCUT2D eigenvalue weighted by Crippen LogP contribution is -2.50. The molecular weight excluding hydrogens is 413 g/mol. The molecule has 1 N–H and O–H groups in total. The maximum Gasteiger partial charge on any atom is 0.332 e. The molecule has 2 aromatic carbocycles. The Labute approximate surface area is 156 Å². The Morgan fingerprint density at radius 1 is 1.17 bits per heavy atom. The van der Waals surface area contributed by atoms with Gasteiger partial charge in [0, 0.05) is 22.1 Å². The minimum Gasteiger partial charge on any atom is -0.458 e. The second-order valence-electron chi connectivity index (χ2n) is 7.31. The second-order valence-corrected chi connectivity index (χ2v) is 8.47. The van der Waals surface area contributed by atoms with Crippen LogP contribution in [0.25, 0.3) is 0 Å². The molecule has 0 saturated heterocycles. The quantitative estimate of drug-likeness (QED) is 0.567. The summed E-state index contributed by atoms with van der Waals surface area (Å²) in [6, 6.07) is 16.3. The van der Waals surface area contributed by atoms with Crippen LogP contribution < -0.4 is 5.32 Å². The van der Waals surface area contributed by atoms with Gasteiger partial charge in [-0.05, 0) is 66.6 Å². The maximum absolute atomic E-state index is 13.1. The number of rotatable bonds is 3. The Hall–Kier alpha value is -1.56. The monoisotopic (exact) mass is 435 g/mol. The average molecular weight is 435 g/mol. The maximum atomic E-state index is 13.1. The van der Waals surface area contributed by atoms with Gasteiger partial charge in [0.1, 0.15) is 11.1 Å². The molecule has 4 heteroatoms. The van der Waals surface area contributed by atoms with Crippen LogP contribution in [0.1, 0.15) is 31.9 Å².